The second kappa shape index (κ2) is 11.1. The van der Waals surface area contributed by atoms with E-state index < -0.39 is 41.9 Å². The first-order chi connectivity index (χ1) is 16.5. The van der Waals surface area contributed by atoms with Gasteiger partial charge >= 0.3 is 5.97 Å². The van der Waals surface area contributed by atoms with E-state index in [0.29, 0.717) is 20.9 Å². The molecule has 1 N–H and O–H groups in total. The fraction of sp³-hybridized carbons (Fsp3) is 0.227. The van der Waals surface area contributed by atoms with Crippen molar-refractivity contribution >= 4 is 69.4 Å². The average molecular weight is 540 g/mol. The molecule has 0 spiro atoms. The Bertz CT molecular complexity index is 1250. The van der Waals surface area contributed by atoms with E-state index in [1.807, 2.05) is 0 Å². The molecule has 0 atom stereocenters. The highest BCUT2D eigenvalue weighted by Crippen LogP contribution is 2.35. The minimum Gasteiger partial charge on any atom is -0.480 e. The van der Waals surface area contributed by atoms with E-state index in [9.17, 15) is 28.0 Å². The lowest BCUT2D eigenvalue weighted by molar-refractivity contribution is -0.145. The molecule has 0 saturated carbocycles. The number of thiocarbonyl (C=S) groups is 1. The van der Waals surface area contributed by atoms with E-state index in [4.69, 9.17) is 17.3 Å². The Balaban J connectivity index is 1.65. The van der Waals surface area contributed by atoms with E-state index in [1.54, 1.807) is 17.5 Å². The first-order valence-corrected chi connectivity index (χ1v) is 12.1. The lowest BCUT2D eigenvalue weighted by Crippen LogP contribution is -2.45. The minimum absolute atomic E-state index is 0.176. The summed E-state index contributed by atoms with van der Waals surface area (Å²) in [5, 5.41) is 10.5. The zero-order chi connectivity index (χ0) is 25.9. The Kier molecular flexibility index (Phi) is 8.35. The van der Waals surface area contributed by atoms with Crippen LogP contribution in [0.25, 0.3) is 17.2 Å². The van der Waals surface area contributed by atoms with Crippen LogP contribution in [-0.4, -0.2) is 81.5 Å². The van der Waals surface area contributed by atoms with E-state index in [1.165, 1.54) is 31.5 Å². The van der Waals surface area contributed by atoms with Gasteiger partial charge in [0.1, 0.15) is 17.4 Å². The summed E-state index contributed by atoms with van der Waals surface area (Å²) in [6.45, 7) is -1.23. The summed E-state index contributed by atoms with van der Waals surface area (Å²) >= 11 is 7.56. The van der Waals surface area contributed by atoms with Gasteiger partial charge in [-0.1, -0.05) is 30.0 Å². The SMILES string of the molecule is CN(CC(=O)O)C(=O)CN(C)C(=O)CN1C(=O)C(=Cc2cc(-c3ccc(F)c(F)c3)cs2)SC1=S. The van der Waals surface area contributed by atoms with Crippen molar-refractivity contribution in [3.05, 3.63) is 51.1 Å². The fourth-order valence-electron chi connectivity index (χ4n) is 2.98. The highest BCUT2D eigenvalue weighted by molar-refractivity contribution is 8.26. The quantitative estimate of drug-likeness (QED) is 0.407. The van der Waals surface area contributed by atoms with Crippen molar-refractivity contribution < 1.29 is 33.1 Å². The highest BCUT2D eigenvalue weighted by Gasteiger charge is 2.34. The lowest BCUT2D eigenvalue weighted by Gasteiger charge is -2.23. The molecular weight excluding hydrogens is 520 g/mol. The number of amides is 3. The maximum Gasteiger partial charge on any atom is 0.323 e. The molecule has 1 aromatic carbocycles. The fourth-order valence-corrected chi connectivity index (χ4v) is 5.15. The van der Waals surface area contributed by atoms with Gasteiger partial charge < -0.3 is 14.9 Å². The molecule has 1 aliphatic heterocycles. The van der Waals surface area contributed by atoms with Crippen LogP contribution in [0.5, 0.6) is 0 Å². The number of carbonyl (C=O) groups excluding carboxylic acids is 3. The van der Waals surface area contributed by atoms with Crippen LogP contribution in [0, 0.1) is 11.6 Å². The van der Waals surface area contributed by atoms with Crippen LogP contribution >= 0.6 is 35.3 Å². The van der Waals surface area contributed by atoms with Crippen molar-refractivity contribution in [2.75, 3.05) is 33.7 Å². The molecule has 13 heteroatoms. The molecule has 1 fully saturated rings. The number of hydrogen-bond acceptors (Lipinski definition) is 7. The summed E-state index contributed by atoms with van der Waals surface area (Å²) in [4.78, 5) is 52.4. The first kappa shape index (κ1) is 26.4. The van der Waals surface area contributed by atoms with Gasteiger partial charge in [-0.3, -0.25) is 24.1 Å². The number of thiophene rings is 1. The molecule has 35 heavy (non-hydrogen) atoms. The summed E-state index contributed by atoms with van der Waals surface area (Å²) in [5.41, 5.74) is 1.15. The standard InChI is InChI=1S/C22H19F2N3O5S3/c1-25(8-18(28)26(2)10-20(30)31)19(29)9-27-21(32)17(35-22(27)33)7-14-5-13(11-34-14)12-3-4-15(23)16(24)6-12/h3-7,11H,8-10H2,1-2H3,(H,30,31). The summed E-state index contributed by atoms with van der Waals surface area (Å²) in [5.74, 6) is -4.66. The Morgan fingerprint density at radius 3 is 2.40 bits per heavy atom. The number of carboxylic acids is 1. The number of rotatable bonds is 8. The number of halogens is 2. The number of thioether (sulfide) groups is 1. The zero-order valence-electron chi connectivity index (χ0n) is 18.5. The number of carboxylic acid groups (broad SMARTS) is 1. The molecule has 2 heterocycles. The summed E-state index contributed by atoms with van der Waals surface area (Å²) in [6, 6.07) is 5.31. The van der Waals surface area contributed by atoms with Crippen molar-refractivity contribution in [1.82, 2.24) is 14.7 Å². The van der Waals surface area contributed by atoms with Crippen LogP contribution in [0.4, 0.5) is 8.78 Å². The van der Waals surface area contributed by atoms with Gasteiger partial charge in [0.05, 0.1) is 11.4 Å². The van der Waals surface area contributed by atoms with Gasteiger partial charge in [-0.15, -0.1) is 11.3 Å². The first-order valence-electron chi connectivity index (χ1n) is 9.95. The molecule has 0 aliphatic carbocycles. The zero-order valence-corrected chi connectivity index (χ0v) is 20.9. The van der Waals surface area contributed by atoms with Crippen LogP contribution in [0.1, 0.15) is 4.88 Å². The van der Waals surface area contributed by atoms with Gasteiger partial charge in [0.15, 0.2) is 11.6 Å². The number of likely N-dealkylation sites (N-methyl/N-ethyl adjacent to an activating group) is 2. The predicted molar refractivity (Wildman–Crippen MR) is 132 cm³/mol. The van der Waals surface area contributed by atoms with Crippen LogP contribution in [0.3, 0.4) is 0 Å². The van der Waals surface area contributed by atoms with E-state index in [2.05, 4.69) is 0 Å². The minimum atomic E-state index is -1.18. The third-order valence-electron chi connectivity index (χ3n) is 4.91. The topological polar surface area (TPSA) is 98.2 Å². The summed E-state index contributed by atoms with van der Waals surface area (Å²) < 4.78 is 26.9. The smallest absolute Gasteiger partial charge is 0.323 e. The molecule has 3 amide bonds. The van der Waals surface area contributed by atoms with Crippen molar-refractivity contribution in [1.29, 1.82) is 0 Å². The molecule has 3 rings (SSSR count). The van der Waals surface area contributed by atoms with Gasteiger partial charge in [0.2, 0.25) is 11.8 Å². The van der Waals surface area contributed by atoms with Crippen molar-refractivity contribution in [3.8, 4) is 11.1 Å². The third kappa shape index (κ3) is 6.50. The van der Waals surface area contributed by atoms with E-state index >= 15 is 0 Å². The number of hydrogen-bond donors (Lipinski definition) is 1. The maximum absolute atomic E-state index is 13.5. The monoisotopic (exact) mass is 539 g/mol. The van der Waals surface area contributed by atoms with Gasteiger partial charge in [-0.2, -0.15) is 0 Å². The molecule has 8 nitrogen and oxygen atoms in total. The van der Waals surface area contributed by atoms with Crippen molar-refractivity contribution in [2.24, 2.45) is 0 Å². The van der Waals surface area contributed by atoms with Crippen LogP contribution in [0.2, 0.25) is 0 Å². The van der Waals surface area contributed by atoms with Gasteiger partial charge in [0.25, 0.3) is 5.91 Å². The van der Waals surface area contributed by atoms with E-state index in [0.717, 1.165) is 38.6 Å². The van der Waals surface area contributed by atoms with Crippen LogP contribution in [-0.2, 0) is 19.2 Å². The number of nitrogens with zero attached hydrogens (tertiary/aromatic N) is 3. The van der Waals surface area contributed by atoms with Crippen molar-refractivity contribution in [3.63, 3.8) is 0 Å². The highest BCUT2D eigenvalue weighted by atomic mass is 32.2. The molecule has 184 valence electrons. The molecule has 1 saturated heterocycles. The molecule has 0 unspecified atom stereocenters. The maximum atomic E-state index is 13.5. The Morgan fingerprint density at radius 1 is 1.06 bits per heavy atom. The number of benzene rings is 1. The second-order valence-electron chi connectivity index (χ2n) is 7.53. The van der Waals surface area contributed by atoms with Crippen LogP contribution in [0.15, 0.2) is 34.6 Å². The number of aliphatic carboxylic acids is 1. The number of carbonyl (C=O) groups is 4. The largest absolute Gasteiger partial charge is 0.480 e. The predicted octanol–water partition coefficient (Wildman–Crippen LogP) is 2.90. The van der Waals surface area contributed by atoms with Gasteiger partial charge in [-0.05, 0) is 40.8 Å². The Labute approximate surface area is 212 Å². The molecule has 1 aliphatic rings. The van der Waals surface area contributed by atoms with Crippen LogP contribution < -0.4 is 0 Å². The normalized spacial score (nSPS) is 14.5. The van der Waals surface area contributed by atoms with Gasteiger partial charge in [0, 0.05) is 19.0 Å². The van der Waals surface area contributed by atoms with Gasteiger partial charge in [-0.25, -0.2) is 8.78 Å². The molecule has 0 bridgehead atoms. The summed E-state index contributed by atoms with van der Waals surface area (Å²) in [6.07, 6.45) is 1.60. The molecule has 0 radical (unpaired) electrons. The molecule has 2 aromatic rings. The second-order valence-corrected chi connectivity index (χ2v) is 10.1. The average Bonchev–Trinajstić information content (AvgIpc) is 3.35. The third-order valence-corrected chi connectivity index (χ3v) is 7.17. The Hall–Kier alpha value is -3.16. The van der Waals surface area contributed by atoms with E-state index in [-0.39, 0.29) is 17.4 Å². The Morgan fingerprint density at radius 2 is 1.74 bits per heavy atom. The summed E-state index contributed by atoms with van der Waals surface area (Å²) in [7, 11) is 2.68. The lowest BCUT2D eigenvalue weighted by atomic mass is 10.1. The molecule has 1 aromatic heterocycles. The molecular formula is C22H19F2N3O5S3. The van der Waals surface area contributed by atoms with Crippen molar-refractivity contribution in [2.45, 2.75) is 0 Å².